The van der Waals surface area contributed by atoms with Crippen molar-refractivity contribution in [1.82, 2.24) is 25.1 Å². The van der Waals surface area contributed by atoms with E-state index in [0.29, 0.717) is 29.7 Å². The maximum atomic E-state index is 12.8. The van der Waals surface area contributed by atoms with E-state index in [-0.39, 0.29) is 22.8 Å². The van der Waals surface area contributed by atoms with Gasteiger partial charge in [-0.3, -0.25) is 0 Å². The summed E-state index contributed by atoms with van der Waals surface area (Å²) in [6, 6.07) is 5.86. The van der Waals surface area contributed by atoms with Crippen LogP contribution in [0.25, 0.3) is 0 Å². The predicted octanol–water partition coefficient (Wildman–Crippen LogP) is 5.07. The zero-order valence-corrected chi connectivity index (χ0v) is 20.2. The number of likely N-dealkylation sites (tertiary alicyclic amines) is 1. The van der Waals surface area contributed by atoms with Gasteiger partial charge >= 0.3 is 6.09 Å². The van der Waals surface area contributed by atoms with Crippen molar-refractivity contribution >= 4 is 29.3 Å². The largest absolute Gasteiger partial charge is 0.444 e. The number of carbonyl (C=O) groups is 1. The number of hydrogen-bond donors (Lipinski definition) is 0. The van der Waals surface area contributed by atoms with Crippen LogP contribution in [0.4, 0.5) is 4.79 Å². The van der Waals surface area contributed by atoms with Gasteiger partial charge in [0.2, 0.25) is 0 Å². The minimum Gasteiger partial charge on any atom is -0.444 e. The third-order valence-electron chi connectivity index (χ3n) is 6.39. The van der Waals surface area contributed by atoms with Crippen molar-refractivity contribution in [1.29, 1.82) is 0 Å². The summed E-state index contributed by atoms with van der Waals surface area (Å²) < 4.78 is 5.65. The molecule has 1 amide bonds. The molecule has 2 unspecified atom stereocenters. The number of aromatic nitrogens is 4. The van der Waals surface area contributed by atoms with Gasteiger partial charge in [-0.1, -0.05) is 43.1 Å². The number of halogens is 2. The number of ether oxygens (including phenoxy) is 1. The van der Waals surface area contributed by atoms with Gasteiger partial charge in [0, 0.05) is 29.8 Å². The highest BCUT2D eigenvalue weighted by Crippen LogP contribution is 2.69. The molecule has 2 aliphatic rings. The van der Waals surface area contributed by atoms with E-state index < -0.39 is 5.60 Å². The van der Waals surface area contributed by atoms with E-state index in [1.807, 2.05) is 57.7 Å². The molecule has 7 nitrogen and oxygen atoms in total. The fourth-order valence-electron chi connectivity index (χ4n) is 4.77. The Morgan fingerprint density at radius 2 is 2.00 bits per heavy atom. The van der Waals surface area contributed by atoms with Crippen molar-refractivity contribution in [2.45, 2.75) is 70.9 Å². The highest BCUT2D eigenvalue weighted by molar-refractivity contribution is 6.42. The van der Waals surface area contributed by atoms with Crippen LogP contribution < -0.4 is 0 Å². The van der Waals surface area contributed by atoms with Crippen LogP contribution in [0.5, 0.6) is 0 Å². The molecule has 0 radical (unpaired) electrons. The first-order valence-corrected chi connectivity index (χ1v) is 11.4. The van der Waals surface area contributed by atoms with Crippen molar-refractivity contribution in [2.75, 3.05) is 13.1 Å². The second kappa shape index (κ2) is 7.62. The summed E-state index contributed by atoms with van der Waals surface area (Å²) in [5.41, 5.74) is 0.292. The SMILES string of the molecule is CC(C)c1nnn(CC23CN(C(=O)OC(C)(C)C)CCC2(c2ccc(Cl)c(Cl)c2)C3)n1. The standard InChI is InChI=1S/C22H29Cl2N5O2/c1-14(2)18-25-27-29(26-18)13-21-11-22(21,15-6-7-16(23)17(24)10-15)8-9-28(12-21)19(30)31-20(3,4)5/h6-7,10,14H,8-9,11-13H2,1-5H3. The molecule has 2 fully saturated rings. The summed E-state index contributed by atoms with van der Waals surface area (Å²) >= 11 is 12.5. The molecular weight excluding hydrogens is 437 g/mol. The van der Waals surface area contributed by atoms with E-state index in [1.165, 1.54) is 0 Å². The van der Waals surface area contributed by atoms with Crippen LogP contribution in [0.1, 0.15) is 64.8 Å². The van der Waals surface area contributed by atoms with Gasteiger partial charge in [0.1, 0.15) is 5.60 Å². The summed E-state index contributed by atoms with van der Waals surface area (Å²) in [7, 11) is 0. The molecule has 1 aromatic heterocycles. The summed E-state index contributed by atoms with van der Waals surface area (Å²) in [5, 5.41) is 14.1. The lowest BCUT2D eigenvalue weighted by molar-refractivity contribution is 0.0119. The molecule has 2 atom stereocenters. The average molecular weight is 466 g/mol. The highest BCUT2D eigenvalue weighted by Gasteiger charge is 2.70. The van der Waals surface area contributed by atoms with Gasteiger partial charge in [0.05, 0.1) is 16.6 Å². The smallest absolute Gasteiger partial charge is 0.410 e. The Kier molecular flexibility index (Phi) is 5.49. The molecule has 0 spiro atoms. The number of fused-ring (bicyclic) bond motifs is 1. The number of piperidine rings is 1. The monoisotopic (exact) mass is 465 g/mol. The maximum absolute atomic E-state index is 12.8. The molecule has 2 heterocycles. The second-order valence-electron chi connectivity index (χ2n) is 10.2. The van der Waals surface area contributed by atoms with Crippen LogP contribution in [-0.2, 0) is 16.7 Å². The topological polar surface area (TPSA) is 73.1 Å². The van der Waals surface area contributed by atoms with Gasteiger partial charge < -0.3 is 9.64 Å². The third-order valence-corrected chi connectivity index (χ3v) is 7.12. The first kappa shape index (κ1) is 22.3. The zero-order chi connectivity index (χ0) is 22.6. The Morgan fingerprint density at radius 3 is 2.61 bits per heavy atom. The first-order chi connectivity index (χ1) is 14.4. The molecule has 31 heavy (non-hydrogen) atoms. The van der Waals surface area contributed by atoms with Gasteiger partial charge in [-0.25, -0.2) is 4.79 Å². The van der Waals surface area contributed by atoms with E-state index in [0.717, 1.165) is 24.2 Å². The van der Waals surface area contributed by atoms with Crippen LogP contribution in [-0.4, -0.2) is 49.9 Å². The van der Waals surface area contributed by atoms with Crippen LogP contribution in [0, 0.1) is 5.41 Å². The number of nitrogens with zero attached hydrogens (tertiary/aromatic N) is 5. The fraction of sp³-hybridized carbons (Fsp3) is 0.636. The number of rotatable bonds is 4. The van der Waals surface area contributed by atoms with Crippen molar-refractivity contribution in [2.24, 2.45) is 5.41 Å². The molecule has 1 aliphatic carbocycles. The van der Waals surface area contributed by atoms with Gasteiger partial charge in [-0.05, 0) is 56.5 Å². The van der Waals surface area contributed by atoms with E-state index in [2.05, 4.69) is 15.4 Å². The minimum atomic E-state index is -0.536. The quantitative estimate of drug-likeness (QED) is 0.629. The molecule has 9 heteroatoms. The average Bonchev–Trinajstić information content (AvgIpc) is 3.10. The lowest BCUT2D eigenvalue weighted by Gasteiger charge is -2.38. The number of benzene rings is 1. The Bertz CT molecular complexity index is 1000. The normalized spacial score (nSPS) is 25.5. The fourth-order valence-corrected chi connectivity index (χ4v) is 5.07. The van der Waals surface area contributed by atoms with Crippen LogP contribution >= 0.6 is 23.2 Å². The molecule has 2 aromatic rings. The summed E-state index contributed by atoms with van der Waals surface area (Å²) in [6.07, 6.45) is 1.45. The molecule has 0 bridgehead atoms. The number of carbonyl (C=O) groups excluding carboxylic acids is 1. The van der Waals surface area contributed by atoms with E-state index in [9.17, 15) is 4.79 Å². The lowest BCUT2D eigenvalue weighted by atomic mass is 9.80. The highest BCUT2D eigenvalue weighted by atomic mass is 35.5. The Morgan fingerprint density at radius 1 is 1.26 bits per heavy atom. The Labute approximate surface area is 193 Å². The molecule has 4 rings (SSSR count). The van der Waals surface area contributed by atoms with Crippen molar-refractivity contribution < 1.29 is 9.53 Å². The minimum absolute atomic E-state index is 0.106. The number of tetrazole rings is 1. The van der Waals surface area contributed by atoms with E-state index >= 15 is 0 Å². The summed E-state index contributed by atoms with van der Waals surface area (Å²) in [4.78, 5) is 16.3. The van der Waals surface area contributed by atoms with Gasteiger partial charge in [0.25, 0.3) is 0 Å². The molecule has 1 aromatic carbocycles. The second-order valence-corrected chi connectivity index (χ2v) is 11.0. The van der Waals surface area contributed by atoms with Gasteiger partial charge in [-0.15, -0.1) is 10.2 Å². The number of hydrogen-bond acceptors (Lipinski definition) is 5. The lowest BCUT2D eigenvalue weighted by Crippen LogP contribution is -2.48. The maximum Gasteiger partial charge on any atom is 0.410 e. The van der Waals surface area contributed by atoms with Crippen molar-refractivity contribution in [3.63, 3.8) is 0 Å². The first-order valence-electron chi connectivity index (χ1n) is 10.7. The number of amides is 1. The Hall–Kier alpha value is -1.86. The van der Waals surface area contributed by atoms with Crippen LogP contribution in [0.15, 0.2) is 18.2 Å². The van der Waals surface area contributed by atoms with Crippen molar-refractivity contribution in [3.05, 3.63) is 39.6 Å². The molecule has 1 aliphatic heterocycles. The molecule has 0 N–H and O–H groups in total. The third kappa shape index (κ3) is 4.14. The Balaban J connectivity index is 1.65. The molecular formula is C22H29Cl2N5O2. The molecule has 168 valence electrons. The van der Waals surface area contributed by atoms with E-state index in [4.69, 9.17) is 27.9 Å². The van der Waals surface area contributed by atoms with Gasteiger partial charge in [-0.2, -0.15) is 4.80 Å². The van der Waals surface area contributed by atoms with Crippen LogP contribution in [0.2, 0.25) is 10.0 Å². The zero-order valence-electron chi connectivity index (χ0n) is 18.7. The summed E-state index contributed by atoms with van der Waals surface area (Å²) in [6.45, 7) is 11.5. The van der Waals surface area contributed by atoms with E-state index in [1.54, 1.807) is 4.80 Å². The molecule has 1 saturated heterocycles. The van der Waals surface area contributed by atoms with Crippen LogP contribution in [0.3, 0.4) is 0 Å². The summed E-state index contributed by atoms with van der Waals surface area (Å²) in [5.74, 6) is 0.923. The van der Waals surface area contributed by atoms with Crippen molar-refractivity contribution in [3.8, 4) is 0 Å². The molecule has 1 saturated carbocycles. The predicted molar refractivity (Wildman–Crippen MR) is 120 cm³/mol. The van der Waals surface area contributed by atoms with Gasteiger partial charge in [0.15, 0.2) is 5.82 Å².